The summed E-state index contributed by atoms with van der Waals surface area (Å²) in [5.41, 5.74) is 4.86. The van der Waals surface area contributed by atoms with Gasteiger partial charge in [-0.2, -0.15) is 0 Å². The van der Waals surface area contributed by atoms with Crippen LogP contribution in [0.1, 0.15) is 45.4 Å². The molecular formula is C27H24ClNO3. The Balaban J connectivity index is 1.38. The van der Waals surface area contributed by atoms with Gasteiger partial charge in [-0.05, 0) is 59.4 Å². The van der Waals surface area contributed by atoms with E-state index in [1.165, 1.54) is 12.7 Å². The van der Waals surface area contributed by atoms with E-state index in [-0.39, 0.29) is 17.9 Å². The minimum Gasteiger partial charge on any atom is -0.489 e. The number of benzene rings is 3. The molecule has 5 heteroatoms. The molecule has 1 aliphatic carbocycles. The van der Waals surface area contributed by atoms with E-state index in [9.17, 15) is 4.79 Å². The molecule has 0 amide bonds. The van der Waals surface area contributed by atoms with Crippen molar-refractivity contribution >= 4 is 23.3 Å². The maximum Gasteiger partial charge on any atom is 0.339 e. The first kappa shape index (κ1) is 20.7. The van der Waals surface area contributed by atoms with Crippen LogP contribution < -0.4 is 10.1 Å². The predicted molar refractivity (Wildman–Crippen MR) is 126 cm³/mol. The van der Waals surface area contributed by atoms with Crippen molar-refractivity contribution < 1.29 is 14.3 Å². The molecule has 3 aromatic carbocycles. The van der Waals surface area contributed by atoms with Crippen LogP contribution in [0.4, 0.5) is 5.69 Å². The molecule has 0 radical (unpaired) electrons. The Morgan fingerprint density at radius 1 is 1.06 bits per heavy atom. The molecule has 1 heterocycles. The zero-order valence-corrected chi connectivity index (χ0v) is 18.5. The molecule has 0 saturated heterocycles. The van der Waals surface area contributed by atoms with Crippen molar-refractivity contribution in [1.29, 1.82) is 0 Å². The van der Waals surface area contributed by atoms with Crippen LogP contribution in [0.3, 0.4) is 0 Å². The number of hydrogen-bond donors (Lipinski definition) is 1. The zero-order chi connectivity index (χ0) is 22.1. The Labute approximate surface area is 192 Å². The average Bonchev–Trinajstić information content (AvgIpc) is 3.33. The van der Waals surface area contributed by atoms with Gasteiger partial charge in [-0.25, -0.2) is 4.79 Å². The lowest BCUT2D eigenvalue weighted by atomic mass is 9.76. The first-order valence-electron chi connectivity index (χ1n) is 10.8. The van der Waals surface area contributed by atoms with Crippen LogP contribution in [-0.2, 0) is 11.3 Å². The third-order valence-corrected chi connectivity index (χ3v) is 6.61. The summed E-state index contributed by atoms with van der Waals surface area (Å²) in [6, 6.07) is 21.8. The summed E-state index contributed by atoms with van der Waals surface area (Å²) in [6.07, 6.45) is 5.51. The van der Waals surface area contributed by atoms with E-state index in [2.05, 4.69) is 35.7 Å². The molecule has 3 atom stereocenters. The van der Waals surface area contributed by atoms with Crippen molar-refractivity contribution in [3.05, 3.63) is 106 Å². The molecule has 0 bridgehead atoms. The van der Waals surface area contributed by atoms with Crippen LogP contribution in [-0.4, -0.2) is 13.1 Å². The van der Waals surface area contributed by atoms with E-state index in [1.54, 1.807) is 0 Å². The molecule has 1 N–H and O–H groups in total. The zero-order valence-electron chi connectivity index (χ0n) is 17.8. The molecule has 0 aromatic heterocycles. The van der Waals surface area contributed by atoms with Gasteiger partial charge in [0.1, 0.15) is 12.4 Å². The van der Waals surface area contributed by atoms with Gasteiger partial charge in [0.25, 0.3) is 0 Å². The molecule has 1 aliphatic heterocycles. The number of nitrogens with one attached hydrogen (secondary N) is 1. The highest BCUT2D eigenvalue weighted by Gasteiger charge is 2.39. The molecule has 0 fully saturated rings. The Kier molecular flexibility index (Phi) is 5.62. The number of hydrogen-bond acceptors (Lipinski definition) is 4. The minimum atomic E-state index is -0.320. The lowest BCUT2D eigenvalue weighted by molar-refractivity contribution is 0.0601. The number of carbonyl (C=O) groups is 1. The van der Waals surface area contributed by atoms with Crippen molar-refractivity contribution in [2.45, 2.75) is 25.0 Å². The minimum absolute atomic E-state index is 0.0959. The third kappa shape index (κ3) is 3.87. The lowest BCUT2D eigenvalue weighted by Crippen LogP contribution is -2.30. The highest BCUT2D eigenvalue weighted by Crippen LogP contribution is 2.50. The smallest absolute Gasteiger partial charge is 0.339 e. The molecule has 2 aliphatic rings. The van der Waals surface area contributed by atoms with Crippen LogP contribution in [0, 0.1) is 5.92 Å². The Morgan fingerprint density at radius 2 is 1.84 bits per heavy atom. The molecule has 0 unspecified atom stereocenters. The number of methoxy groups -OCH3 is 1. The number of fused-ring (bicyclic) bond motifs is 3. The third-order valence-electron chi connectivity index (χ3n) is 6.36. The SMILES string of the molecule is COC(=O)c1cccc2c1N[C@@H](c1ccc(OCc3ccc(Cl)cc3)cc1)[C@H]1CC=C[C@@H]21. The van der Waals surface area contributed by atoms with Gasteiger partial charge in [-0.1, -0.05) is 60.2 Å². The summed E-state index contributed by atoms with van der Waals surface area (Å²) in [5, 5.41) is 4.37. The number of halogens is 1. The van der Waals surface area contributed by atoms with Gasteiger partial charge in [0, 0.05) is 10.9 Å². The van der Waals surface area contributed by atoms with Crippen LogP contribution in [0.25, 0.3) is 0 Å². The van der Waals surface area contributed by atoms with E-state index in [1.807, 2.05) is 48.5 Å². The van der Waals surface area contributed by atoms with Gasteiger partial charge in [0.2, 0.25) is 0 Å². The second-order valence-corrected chi connectivity index (χ2v) is 8.66. The number of allylic oxidation sites excluding steroid dienone is 2. The lowest BCUT2D eigenvalue weighted by Gasteiger charge is -2.38. The maximum atomic E-state index is 12.4. The summed E-state index contributed by atoms with van der Waals surface area (Å²) in [7, 11) is 1.42. The second kappa shape index (κ2) is 8.71. The average molecular weight is 446 g/mol. The topological polar surface area (TPSA) is 47.6 Å². The molecule has 3 aromatic rings. The monoisotopic (exact) mass is 445 g/mol. The number of ether oxygens (including phenoxy) is 2. The largest absolute Gasteiger partial charge is 0.489 e. The fourth-order valence-electron chi connectivity index (χ4n) is 4.75. The van der Waals surface area contributed by atoms with Crippen molar-refractivity contribution in [2.75, 3.05) is 12.4 Å². The standard InChI is InChI=1S/C27H24ClNO3/c1-31-27(30)24-7-3-6-23-21-4-2-5-22(21)25(29-26(23)24)18-10-14-20(15-11-18)32-16-17-8-12-19(28)13-9-17/h2-4,6-15,21-22,25,29H,5,16H2,1H3/t21-,22+,25+/m1/s1. The van der Waals surface area contributed by atoms with E-state index < -0.39 is 0 Å². The fraction of sp³-hybridized carbons (Fsp3) is 0.222. The highest BCUT2D eigenvalue weighted by molar-refractivity contribution is 6.30. The second-order valence-electron chi connectivity index (χ2n) is 8.22. The maximum absolute atomic E-state index is 12.4. The number of rotatable bonds is 5. The van der Waals surface area contributed by atoms with Gasteiger partial charge >= 0.3 is 5.97 Å². The van der Waals surface area contributed by atoms with Crippen molar-refractivity contribution in [2.24, 2.45) is 5.92 Å². The number of para-hydroxylation sites is 1. The first-order chi connectivity index (χ1) is 15.6. The summed E-state index contributed by atoms with van der Waals surface area (Å²) in [6.45, 7) is 0.489. The number of anilines is 1. The van der Waals surface area contributed by atoms with Crippen LogP contribution >= 0.6 is 11.6 Å². The van der Waals surface area contributed by atoms with E-state index in [0.29, 0.717) is 18.1 Å². The normalized spacial score (nSPS) is 20.8. The Hall–Kier alpha value is -3.24. The van der Waals surface area contributed by atoms with E-state index in [0.717, 1.165) is 34.0 Å². The molecule has 162 valence electrons. The molecule has 0 saturated carbocycles. The van der Waals surface area contributed by atoms with Gasteiger partial charge in [-0.15, -0.1) is 0 Å². The Bertz CT molecular complexity index is 1150. The number of esters is 1. The molecular weight excluding hydrogens is 422 g/mol. The van der Waals surface area contributed by atoms with Crippen LogP contribution in [0.15, 0.2) is 78.9 Å². The van der Waals surface area contributed by atoms with Gasteiger partial charge < -0.3 is 14.8 Å². The van der Waals surface area contributed by atoms with Gasteiger partial charge in [-0.3, -0.25) is 0 Å². The fourth-order valence-corrected chi connectivity index (χ4v) is 4.88. The quantitative estimate of drug-likeness (QED) is 0.358. The molecule has 32 heavy (non-hydrogen) atoms. The van der Waals surface area contributed by atoms with Crippen LogP contribution in [0.5, 0.6) is 5.75 Å². The van der Waals surface area contributed by atoms with Crippen molar-refractivity contribution in [3.8, 4) is 5.75 Å². The van der Waals surface area contributed by atoms with Gasteiger partial charge in [0.15, 0.2) is 0 Å². The summed E-state index contributed by atoms with van der Waals surface area (Å²) >= 11 is 5.95. The molecule has 4 nitrogen and oxygen atoms in total. The molecule has 0 spiro atoms. The van der Waals surface area contributed by atoms with Crippen LogP contribution in [0.2, 0.25) is 5.02 Å². The highest BCUT2D eigenvalue weighted by atomic mass is 35.5. The van der Waals surface area contributed by atoms with Gasteiger partial charge in [0.05, 0.1) is 24.4 Å². The number of carbonyl (C=O) groups excluding carboxylic acids is 1. The predicted octanol–water partition coefficient (Wildman–Crippen LogP) is 6.53. The summed E-state index contributed by atoms with van der Waals surface area (Å²) < 4.78 is 11.0. The van der Waals surface area contributed by atoms with Crippen molar-refractivity contribution in [1.82, 2.24) is 0 Å². The van der Waals surface area contributed by atoms with E-state index in [4.69, 9.17) is 21.1 Å². The summed E-state index contributed by atoms with van der Waals surface area (Å²) in [5.74, 6) is 1.17. The summed E-state index contributed by atoms with van der Waals surface area (Å²) in [4.78, 5) is 12.4. The Morgan fingerprint density at radius 3 is 2.59 bits per heavy atom. The molecule has 5 rings (SSSR count). The first-order valence-corrected chi connectivity index (χ1v) is 11.1. The van der Waals surface area contributed by atoms with Crippen molar-refractivity contribution in [3.63, 3.8) is 0 Å². The van der Waals surface area contributed by atoms with E-state index >= 15 is 0 Å².